The molecule has 1 aromatic heterocycles. The number of carbonyl (C=O) groups is 2. The van der Waals surface area contributed by atoms with E-state index in [1.54, 1.807) is 36.9 Å². The van der Waals surface area contributed by atoms with E-state index in [0.717, 1.165) is 66.7 Å². The van der Waals surface area contributed by atoms with Crippen molar-refractivity contribution in [2.75, 3.05) is 38.8 Å². The molecule has 0 bridgehead atoms. The Labute approximate surface area is 240 Å². The van der Waals surface area contributed by atoms with Gasteiger partial charge in [-0.2, -0.15) is 16.5 Å². The lowest BCUT2D eigenvalue weighted by atomic mass is 9.66. The molecular weight excluding hydrogens is 550 g/mol. The molecule has 2 aromatic rings. The lowest BCUT2D eigenvalue weighted by molar-refractivity contribution is -0.142. The first-order chi connectivity index (χ1) is 19.2. The molecule has 9 nitrogen and oxygen atoms in total. The maximum Gasteiger partial charge on any atom is 0.354 e. The van der Waals surface area contributed by atoms with E-state index in [2.05, 4.69) is 22.6 Å². The zero-order valence-corrected chi connectivity index (χ0v) is 25.3. The number of nitrogens with one attached hydrogen (secondary N) is 1. The van der Waals surface area contributed by atoms with Crippen LogP contribution in [0.25, 0.3) is 16.6 Å². The first-order valence-corrected chi connectivity index (χ1v) is 17.0. The van der Waals surface area contributed by atoms with Crippen molar-refractivity contribution in [3.05, 3.63) is 35.5 Å². The van der Waals surface area contributed by atoms with E-state index in [-0.39, 0.29) is 28.9 Å². The number of nitrogens with zero attached hydrogens (tertiary/aromatic N) is 2. The summed E-state index contributed by atoms with van der Waals surface area (Å²) in [5.74, 6) is -0.146. The monoisotopic (exact) mass is 589 g/mol. The predicted octanol–water partition coefficient (Wildman–Crippen LogP) is 4.11. The van der Waals surface area contributed by atoms with Gasteiger partial charge in [0.2, 0.25) is 10.0 Å². The van der Waals surface area contributed by atoms with Gasteiger partial charge in [0.05, 0.1) is 30.2 Å². The molecule has 1 saturated heterocycles. The zero-order chi connectivity index (χ0) is 28.7. The summed E-state index contributed by atoms with van der Waals surface area (Å²) in [5, 5.41) is 0.821. The minimum Gasteiger partial charge on any atom is -0.468 e. The molecule has 0 spiro atoms. The number of rotatable bonds is 11. The maximum absolute atomic E-state index is 13.6. The second-order valence-electron chi connectivity index (χ2n) is 10.8. The highest BCUT2D eigenvalue weighted by molar-refractivity contribution is 7.98. The van der Waals surface area contributed by atoms with Gasteiger partial charge in [-0.1, -0.05) is 6.92 Å². The summed E-state index contributed by atoms with van der Waals surface area (Å²) in [5.41, 5.74) is 3.31. The number of fused-ring (bicyclic) bond motifs is 3. The van der Waals surface area contributed by atoms with Gasteiger partial charge in [0, 0.05) is 23.0 Å². The van der Waals surface area contributed by atoms with Gasteiger partial charge in [0.25, 0.3) is 0 Å². The van der Waals surface area contributed by atoms with E-state index >= 15 is 0 Å². The molecule has 1 fully saturated rings. The van der Waals surface area contributed by atoms with E-state index in [1.807, 2.05) is 10.8 Å². The Kier molecular flexibility index (Phi) is 8.39. The minimum absolute atomic E-state index is 0.0902. The molecule has 1 N–H and O–H groups in total. The molecule has 1 unspecified atom stereocenters. The van der Waals surface area contributed by atoms with E-state index in [1.165, 1.54) is 7.11 Å². The number of hydrogen-bond acceptors (Lipinski definition) is 8. The van der Waals surface area contributed by atoms with Crippen LogP contribution < -0.4 is 4.72 Å². The molecule has 0 saturated carbocycles. The SMILES string of the molecule is CCOC(=O)C1=C[C@]2(CC)CCCN3CCc4c(n1c1ccc(S(=O)(=O)NC(CCCSC)C(=O)OC)cc41)[C@@H]32. The molecule has 0 amide bonds. The minimum atomic E-state index is -4.02. The first-order valence-electron chi connectivity index (χ1n) is 14.1. The van der Waals surface area contributed by atoms with Crippen LogP contribution in [0.1, 0.15) is 63.3 Å². The lowest BCUT2D eigenvalue weighted by Crippen LogP contribution is -2.51. The average Bonchev–Trinajstić information content (AvgIpc) is 3.29. The number of piperidine rings is 1. The molecule has 40 heavy (non-hydrogen) atoms. The number of thioether (sulfide) groups is 1. The number of esters is 2. The molecular formula is C29H39N3O6S2. The van der Waals surface area contributed by atoms with Crippen molar-refractivity contribution in [2.45, 2.75) is 69.4 Å². The van der Waals surface area contributed by atoms with Crippen molar-refractivity contribution >= 4 is 50.3 Å². The van der Waals surface area contributed by atoms with Crippen LogP contribution in [0.2, 0.25) is 0 Å². The van der Waals surface area contributed by atoms with E-state index in [0.29, 0.717) is 18.5 Å². The maximum atomic E-state index is 13.6. The van der Waals surface area contributed by atoms with Gasteiger partial charge in [-0.25, -0.2) is 13.2 Å². The number of carbonyl (C=O) groups excluding carboxylic acids is 2. The second kappa shape index (κ2) is 11.5. The smallest absolute Gasteiger partial charge is 0.354 e. The summed E-state index contributed by atoms with van der Waals surface area (Å²) >= 11 is 1.64. The highest BCUT2D eigenvalue weighted by Crippen LogP contribution is 2.57. The van der Waals surface area contributed by atoms with Gasteiger partial charge in [-0.3, -0.25) is 9.69 Å². The van der Waals surface area contributed by atoms with Crippen LogP contribution in [0.3, 0.4) is 0 Å². The largest absolute Gasteiger partial charge is 0.468 e. The number of benzene rings is 1. The highest BCUT2D eigenvalue weighted by atomic mass is 32.2. The molecule has 218 valence electrons. The van der Waals surface area contributed by atoms with Crippen LogP contribution in [-0.2, 0) is 35.5 Å². The van der Waals surface area contributed by atoms with Crippen molar-refractivity contribution < 1.29 is 27.5 Å². The Hall–Kier alpha value is -2.34. The first kappa shape index (κ1) is 29.2. The number of aromatic nitrogens is 1. The summed E-state index contributed by atoms with van der Waals surface area (Å²) < 4.78 is 42.1. The van der Waals surface area contributed by atoms with E-state index in [9.17, 15) is 18.0 Å². The van der Waals surface area contributed by atoms with Gasteiger partial charge >= 0.3 is 11.9 Å². The quantitative estimate of drug-likeness (QED) is 0.308. The molecule has 1 aromatic carbocycles. The van der Waals surface area contributed by atoms with Crippen LogP contribution in [-0.4, -0.2) is 74.7 Å². The Morgan fingerprint density at radius 1 is 1.25 bits per heavy atom. The molecule has 0 aliphatic carbocycles. The Bertz CT molecular complexity index is 1450. The van der Waals surface area contributed by atoms with Gasteiger partial charge < -0.3 is 14.0 Å². The molecule has 4 heterocycles. The van der Waals surface area contributed by atoms with Crippen molar-refractivity contribution in [3.63, 3.8) is 0 Å². The Morgan fingerprint density at radius 3 is 2.75 bits per heavy atom. The van der Waals surface area contributed by atoms with E-state index < -0.39 is 22.0 Å². The van der Waals surface area contributed by atoms with Gasteiger partial charge in [0.1, 0.15) is 11.7 Å². The molecule has 3 aliphatic heterocycles. The third-order valence-electron chi connectivity index (χ3n) is 8.73. The topological polar surface area (TPSA) is 107 Å². The average molecular weight is 590 g/mol. The number of methoxy groups -OCH3 is 1. The fourth-order valence-corrected chi connectivity index (χ4v) is 8.58. The van der Waals surface area contributed by atoms with Gasteiger partial charge in [-0.05, 0) is 93.8 Å². The summed E-state index contributed by atoms with van der Waals surface area (Å²) in [6, 6.07) is 4.20. The molecule has 3 aliphatic rings. The van der Waals surface area contributed by atoms with Crippen LogP contribution >= 0.6 is 11.8 Å². The normalized spacial score (nSPS) is 22.9. The second-order valence-corrected chi connectivity index (χ2v) is 13.5. The standard InChI is InChI=1S/C29H39N3O6S2/c1-5-29-13-8-14-31-15-12-20-21-17-19(40(35,36)30-22(27(33)37-3)9-7-16-39-4)10-11-23(21)32(25(20)26(29)31)24(18-29)28(34)38-6-2/h10-11,17-18,22,26,30H,5-9,12-16H2,1-4H3/t22?,26-,29+/m1/s1. The molecule has 5 rings (SSSR count). The predicted molar refractivity (Wildman–Crippen MR) is 157 cm³/mol. The highest BCUT2D eigenvalue weighted by Gasteiger charge is 2.51. The fraction of sp³-hybridized carbons (Fsp3) is 0.586. The van der Waals surface area contributed by atoms with Crippen molar-refractivity contribution in [1.29, 1.82) is 0 Å². The molecule has 3 atom stereocenters. The summed E-state index contributed by atoms with van der Waals surface area (Å²) in [6.07, 6.45) is 8.85. The molecule has 11 heteroatoms. The number of ether oxygens (including phenoxy) is 2. The van der Waals surface area contributed by atoms with Gasteiger partial charge in [0.15, 0.2) is 0 Å². The Balaban J connectivity index is 1.62. The summed E-state index contributed by atoms with van der Waals surface area (Å²) in [4.78, 5) is 28.3. The van der Waals surface area contributed by atoms with Crippen LogP contribution in [0, 0.1) is 5.41 Å². The summed E-state index contributed by atoms with van der Waals surface area (Å²) in [7, 11) is -2.75. The van der Waals surface area contributed by atoms with Crippen molar-refractivity contribution in [3.8, 4) is 0 Å². The lowest BCUT2D eigenvalue weighted by Gasteiger charge is -2.53. The third kappa shape index (κ3) is 4.88. The molecule has 0 radical (unpaired) electrons. The van der Waals surface area contributed by atoms with Crippen molar-refractivity contribution in [1.82, 2.24) is 14.2 Å². The fourth-order valence-electron chi connectivity index (χ4n) is 6.88. The third-order valence-corrected chi connectivity index (χ3v) is 10.9. The van der Waals surface area contributed by atoms with Crippen LogP contribution in [0.15, 0.2) is 29.2 Å². The number of sulfonamides is 1. The van der Waals surface area contributed by atoms with Crippen LogP contribution in [0.4, 0.5) is 0 Å². The Morgan fingerprint density at radius 2 is 2.05 bits per heavy atom. The summed E-state index contributed by atoms with van der Waals surface area (Å²) in [6.45, 7) is 6.15. The van der Waals surface area contributed by atoms with Crippen molar-refractivity contribution in [2.24, 2.45) is 5.41 Å². The van der Waals surface area contributed by atoms with E-state index in [4.69, 9.17) is 9.47 Å². The number of hydrogen-bond donors (Lipinski definition) is 1. The zero-order valence-electron chi connectivity index (χ0n) is 23.7. The van der Waals surface area contributed by atoms with Gasteiger partial charge in [-0.15, -0.1) is 0 Å². The van der Waals surface area contributed by atoms with Crippen LogP contribution in [0.5, 0.6) is 0 Å².